The Hall–Kier alpha value is -1.91. The zero-order valence-electron chi connectivity index (χ0n) is 18.1. The lowest BCUT2D eigenvalue weighted by atomic mass is 10.2. The van der Waals surface area contributed by atoms with Crippen LogP contribution < -0.4 is 15.4 Å². The van der Waals surface area contributed by atoms with E-state index in [4.69, 9.17) is 14.2 Å². The Kier molecular flexibility index (Phi) is 12.3. The van der Waals surface area contributed by atoms with E-state index in [1.54, 1.807) is 13.2 Å². The highest BCUT2D eigenvalue weighted by molar-refractivity contribution is 14.0. The van der Waals surface area contributed by atoms with E-state index in [-0.39, 0.29) is 30.1 Å². The van der Waals surface area contributed by atoms with Crippen molar-refractivity contribution in [3.63, 3.8) is 0 Å². The molecule has 0 radical (unpaired) electrons. The summed E-state index contributed by atoms with van der Waals surface area (Å²) in [5, 5.41) is 6.63. The fraction of sp³-hybridized carbons (Fsp3) is 0.478. The molecule has 3 rings (SSSR count). The van der Waals surface area contributed by atoms with Crippen LogP contribution >= 0.6 is 24.0 Å². The normalized spacial score (nSPS) is 15.9. The zero-order chi connectivity index (χ0) is 20.9. The van der Waals surface area contributed by atoms with Crippen LogP contribution in [0.1, 0.15) is 30.4 Å². The third kappa shape index (κ3) is 9.40. The van der Waals surface area contributed by atoms with E-state index in [2.05, 4.69) is 20.6 Å². The lowest BCUT2D eigenvalue weighted by molar-refractivity contribution is 0.0168. The van der Waals surface area contributed by atoms with Crippen LogP contribution in [0.2, 0.25) is 0 Å². The maximum Gasteiger partial charge on any atom is 0.218 e. The molecule has 2 N–H and O–H groups in total. The van der Waals surface area contributed by atoms with Crippen LogP contribution in [-0.4, -0.2) is 50.5 Å². The van der Waals surface area contributed by atoms with Crippen LogP contribution in [0.4, 0.5) is 0 Å². The summed E-state index contributed by atoms with van der Waals surface area (Å²) in [6.07, 6.45) is 5.19. The van der Waals surface area contributed by atoms with E-state index in [0.717, 1.165) is 49.5 Å². The summed E-state index contributed by atoms with van der Waals surface area (Å²) < 4.78 is 17.2. The minimum absolute atomic E-state index is 0. The number of nitrogens with one attached hydrogen (secondary N) is 2. The third-order valence-corrected chi connectivity index (χ3v) is 4.82. The van der Waals surface area contributed by atoms with Crippen LogP contribution in [0.15, 0.2) is 53.7 Å². The molecular formula is C23H33IN4O3. The zero-order valence-corrected chi connectivity index (χ0v) is 20.4. The first-order valence-electron chi connectivity index (χ1n) is 10.6. The number of ether oxygens (including phenoxy) is 3. The highest BCUT2D eigenvalue weighted by Gasteiger charge is 2.14. The molecular weight excluding hydrogens is 507 g/mol. The van der Waals surface area contributed by atoms with Gasteiger partial charge in [-0.2, -0.15) is 0 Å². The van der Waals surface area contributed by atoms with Gasteiger partial charge in [0.25, 0.3) is 0 Å². The summed E-state index contributed by atoms with van der Waals surface area (Å²) in [5.74, 6) is 1.37. The Morgan fingerprint density at radius 2 is 2.06 bits per heavy atom. The second-order valence-corrected chi connectivity index (χ2v) is 7.16. The van der Waals surface area contributed by atoms with Gasteiger partial charge in [0, 0.05) is 45.1 Å². The van der Waals surface area contributed by atoms with Crippen molar-refractivity contribution in [1.82, 2.24) is 15.6 Å². The number of aliphatic imine (C=N–C) groups is 1. The predicted octanol–water partition coefficient (Wildman–Crippen LogP) is 3.53. The highest BCUT2D eigenvalue weighted by atomic mass is 127. The van der Waals surface area contributed by atoms with E-state index in [1.807, 2.05) is 42.5 Å². The summed E-state index contributed by atoms with van der Waals surface area (Å²) >= 11 is 0. The number of guanidine groups is 1. The molecule has 1 aromatic heterocycles. The van der Waals surface area contributed by atoms with Crippen molar-refractivity contribution in [3.8, 4) is 5.88 Å². The molecule has 1 aliphatic heterocycles. The Balaban J connectivity index is 0.00000341. The number of hydrogen-bond acceptors (Lipinski definition) is 5. The molecule has 0 amide bonds. The van der Waals surface area contributed by atoms with Crippen molar-refractivity contribution < 1.29 is 14.2 Å². The van der Waals surface area contributed by atoms with Crippen LogP contribution in [0, 0.1) is 0 Å². The largest absolute Gasteiger partial charge is 0.473 e. The minimum Gasteiger partial charge on any atom is -0.473 e. The predicted molar refractivity (Wildman–Crippen MR) is 133 cm³/mol. The van der Waals surface area contributed by atoms with Crippen molar-refractivity contribution in [3.05, 3.63) is 59.8 Å². The van der Waals surface area contributed by atoms with Gasteiger partial charge < -0.3 is 24.8 Å². The van der Waals surface area contributed by atoms with Gasteiger partial charge in [-0.25, -0.2) is 4.98 Å². The van der Waals surface area contributed by atoms with Crippen molar-refractivity contribution in [1.29, 1.82) is 0 Å². The highest BCUT2D eigenvalue weighted by Crippen LogP contribution is 2.16. The smallest absolute Gasteiger partial charge is 0.218 e. The molecule has 1 fully saturated rings. The Morgan fingerprint density at radius 1 is 1.19 bits per heavy atom. The van der Waals surface area contributed by atoms with Crippen molar-refractivity contribution >= 4 is 29.9 Å². The standard InChI is InChI=1S/C23H32N4O3.HI/c1-24-23(26-13-7-14-28-18-21-11-6-15-29-21)27-16-20-10-5-12-25-22(20)30-17-19-8-3-2-4-9-19;/h2-5,8-10,12,21H,6-7,11,13-18H2,1H3,(H2,24,26,27);1H. The molecule has 1 saturated heterocycles. The molecule has 0 spiro atoms. The quantitative estimate of drug-likeness (QED) is 0.197. The molecule has 2 heterocycles. The second kappa shape index (κ2) is 15.0. The summed E-state index contributed by atoms with van der Waals surface area (Å²) in [6, 6.07) is 14.0. The lowest BCUT2D eigenvalue weighted by Crippen LogP contribution is -2.37. The molecule has 8 heteroatoms. The van der Waals surface area contributed by atoms with Crippen molar-refractivity contribution in [2.24, 2.45) is 4.99 Å². The summed E-state index contributed by atoms with van der Waals surface area (Å²) in [5.41, 5.74) is 2.09. The van der Waals surface area contributed by atoms with Gasteiger partial charge in [-0.15, -0.1) is 24.0 Å². The molecule has 2 aromatic rings. The number of nitrogens with zero attached hydrogens (tertiary/aromatic N) is 2. The Morgan fingerprint density at radius 3 is 2.84 bits per heavy atom. The molecule has 0 aliphatic carbocycles. The van der Waals surface area contributed by atoms with Gasteiger partial charge in [-0.3, -0.25) is 4.99 Å². The molecule has 1 unspecified atom stereocenters. The minimum atomic E-state index is 0. The Bertz CT molecular complexity index is 770. The van der Waals surface area contributed by atoms with E-state index < -0.39 is 0 Å². The summed E-state index contributed by atoms with van der Waals surface area (Å²) in [4.78, 5) is 8.66. The molecule has 0 bridgehead atoms. The number of aromatic nitrogens is 1. The first-order valence-corrected chi connectivity index (χ1v) is 10.6. The molecule has 31 heavy (non-hydrogen) atoms. The van der Waals surface area contributed by atoms with Gasteiger partial charge in [-0.1, -0.05) is 36.4 Å². The maximum atomic E-state index is 5.92. The van der Waals surface area contributed by atoms with E-state index >= 15 is 0 Å². The van der Waals surface area contributed by atoms with Crippen molar-refractivity contribution in [2.75, 3.05) is 33.4 Å². The second-order valence-electron chi connectivity index (χ2n) is 7.16. The van der Waals surface area contributed by atoms with E-state index in [0.29, 0.717) is 32.2 Å². The average molecular weight is 540 g/mol. The molecule has 7 nitrogen and oxygen atoms in total. The van der Waals surface area contributed by atoms with Gasteiger partial charge in [0.1, 0.15) is 6.61 Å². The topological polar surface area (TPSA) is 77.0 Å². The lowest BCUT2D eigenvalue weighted by Gasteiger charge is -2.14. The average Bonchev–Trinajstić information content (AvgIpc) is 3.31. The number of rotatable bonds is 11. The fourth-order valence-electron chi connectivity index (χ4n) is 3.19. The van der Waals surface area contributed by atoms with E-state index in [1.165, 1.54) is 0 Å². The van der Waals surface area contributed by atoms with Crippen LogP contribution in [0.5, 0.6) is 5.88 Å². The summed E-state index contributed by atoms with van der Waals surface area (Å²) in [6.45, 7) is 4.13. The Labute approximate surface area is 202 Å². The van der Waals surface area contributed by atoms with Gasteiger partial charge in [-0.05, 0) is 30.9 Å². The number of benzene rings is 1. The molecule has 170 valence electrons. The number of pyridine rings is 1. The van der Waals surface area contributed by atoms with E-state index in [9.17, 15) is 0 Å². The van der Waals surface area contributed by atoms with Gasteiger partial charge >= 0.3 is 0 Å². The summed E-state index contributed by atoms with van der Waals surface area (Å²) in [7, 11) is 1.76. The van der Waals surface area contributed by atoms with Gasteiger partial charge in [0.05, 0.1) is 12.7 Å². The maximum absolute atomic E-state index is 5.92. The first-order chi connectivity index (χ1) is 14.8. The molecule has 1 aliphatic rings. The van der Waals surface area contributed by atoms with Gasteiger partial charge in [0.15, 0.2) is 5.96 Å². The van der Waals surface area contributed by atoms with Crippen LogP contribution in [-0.2, 0) is 22.6 Å². The van der Waals surface area contributed by atoms with Crippen molar-refractivity contribution in [2.45, 2.75) is 38.5 Å². The monoisotopic (exact) mass is 540 g/mol. The third-order valence-electron chi connectivity index (χ3n) is 4.82. The SMILES string of the molecule is CN=C(NCCCOCC1CCCO1)NCc1cccnc1OCc1ccccc1.I. The fourth-order valence-corrected chi connectivity index (χ4v) is 3.19. The molecule has 1 atom stereocenters. The van der Waals surface area contributed by atoms with Crippen LogP contribution in [0.3, 0.4) is 0 Å². The number of hydrogen-bond donors (Lipinski definition) is 2. The molecule has 0 saturated carbocycles. The van der Waals surface area contributed by atoms with Crippen LogP contribution in [0.25, 0.3) is 0 Å². The molecule has 1 aromatic carbocycles. The number of halogens is 1. The van der Waals surface area contributed by atoms with Gasteiger partial charge in [0.2, 0.25) is 5.88 Å². The first kappa shape index (κ1) is 25.4.